The number of carbonyl (C=O) groups excluding carboxylic acids is 1. The minimum Gasteiger partial charge on any atom is -0.466 e. The summed E-state index contributed by atoms with van der Waals surface area (Å²) in [5.41, 5.74) is 0.473. The third-order valence-electron chi connectivity index (χ3n) is 6.29. The van der Waals surface area contributed by atoms with Gasteiger partial charge in [0.1, 0.15) is 23.4 Å². The van der Waals surface area contributed by atoms with Gasteiger partial charge in [0.25, 0.3) is 0 Å². The van der Waals surface area contributed by atoms with Crippen LogP contribution in [0.3, 0.4) is 0 Å². The van der Waals surface area contributed by atoms with Crippen LogP contribution in [0.5, 0.6) is 0 Å². The molecule has 13 heteroatoms. The lowest BCUT2D eigenvalue weighted by molar-refractivity contribution is -0.136. The molecule has 0 spiro atoms. The van der Waals surface area contributed by atoms with Crippen molar-refractivity contribution in [2.75, 3.05) is 13.4 Å². The van der Waals surface area contributed by atoms with Crippen LogP contribution in [0.2, 0.25) is 5.02 Å². The zero-order valence-corrected chi connectivity index (χ0v) is 21.5. The molecule has 37 heavy (non-hydrogen) atoms. The summed E-state index contributed by atoms with van der Waals surface area (Å²) in [7, 11) is -2.20. The summed E-state index contributed by atoms with van der Waals surface area (Å²) in [5.74, 6) is -3.53. The largest absolute Gasteiger partial charge is 0.466 e. The molecule has 1 saturated carbocycles. The second-order valence-electron chi connectivity index (χ2n) is 8.91. The molecular weight excluding hydrogens is 533 g/mol. The zero-order valence-electron chi connectivity index (χ0n) is 19.9. The normalized spacial score (nSPS) is 22.3. The van der Waals surface area contributed by atoms with Gasteiger partial charge in [0, 0.05) is 28.4 Å². The van der Waals surface area contributed by atoms with E-state index in [1.807, 2.05) is 0 Å². The number of hydrogen-bond donors (Lipinski definition) is 2. The van der Waals surface area contributed by atoms with Gasteiger partial charge in [-0.05, 0) is 43.7 Å². The van der Waals surface area contributed by atoms with Gasteiger partial charge in [-0.2, -0.15) is 0 Å². The predicted octanol–water partition coefficient (Wildman–Crippen LogP) is 3.78. The Balaban J connectivity index is 1.81. The molecular formula is C24H24ClF3N4O4S. The van der Waals surface area contributed by atoms with Crippen molar-refractivity contribution < 1.29 is 31.1 Å². The number of pyridine rings is 1. The molecule has 0 radical (unpaired) electrons. The molecule has 1 unspecified atom stereocenters. The Bertz CT molecular complexity index is 1390. The Morgan fingerprint density at radius 1 is 1.14 bits per heavy atom. The number of esters is 1. The number of halogens is 4. The quantitative estimate of drug-likeness (QED) is 0.524. The number of amidine groups is 1. The van der Waals surface area contributed by atoms with Crippen LogP contribution in [0.25, 0.3) is 0 Å². The SMILES string of the molecule is COC(=O)C1=C([C@H]2CC[C@H](NS(C)(=O)=O)CC2)NC(c2ncc(F)cc2F)=NC1c1ccc(F)cc1Cl. The number of ether oxygens (including phenoxy) is 1. The van der Waals surface area contributed by atoms with Crippen molar-refractivity contribution in [1.29, 1.82) is 0 Å². The first-order chi connectivity index (χ1) is 17.5. The van der Waals surface area contributed by atoms with E-state index in [9.17, 15) is 26.4 Å². The maximum atomic E-state index is 14.7. The smallest absolute Gasteiger partial charge is 0.338 e. The molecule has 2 N–H and O–H groups in total. The van der Waals surface area contributed by atoms with Crippen molar-refractivity contribution in [1.82, 2.24) is 15.0 Å². The van der Waals surface area contributed by atoms with Gasteiger partial charge in [-0.1, -0.05) is 17.7 Å². The lowest BCUT2D eigenvalue weighted by Gasteiger charge is -2.35. The topological polar surface area (TPSA) is 110 Å². The number of methoxy groups -OCH3 is 1. The fourth-order valence-corrected chi connectivity index (χ4v) is 5.79. The van der Waals surface area contributed by atoms with Crippen LogP contribution in [0.1, 0.15) is 43.0 Å². The second-order valence-corrected chi connectivity index (χ2v) is 11.1. The van der Waals surface area contributed by atoms with Crippen LogP contribution in [0.15, 0.2) is 46.7 Å². The highest BCUT2D eigenvalue weighted by Crippen LogP contribution is 2.41. The van der Waals surface area contributed by atoms with E-state index >= 15 is 0 Å². The van der Waals surface area contributed by atoms with Crippen LogP contribution in [-0.2, 0) is 19.6 Å². The van der Waals surface area contributed by atoms with Crippen LogP contribution >= 0.6 is 11.6 Å². The average molecular weight is 557 g/mol. The maximum absolute atomic E-state index is 14.7. The number of benzene rings is 1. The number of hydrogen-bond acceptors (Lipinski definition) is 7. The fourth-order valence-electron chi connectivity index (χ4n) is 4.68. The molecule has 2 aromatic rings. The van der Waals surface area contributed by atoms with Gasteiger partial charge in [0.05, 0.1) is 25.1 Å². The third-order valence-corrected chi connectivity index (χ3v) is 7.37. The third kappa shape index (κ3) is 6.13. The number of nitrogens with one attached hydrogen (secondary N) is 2. The van der Waals surface area contributed by atoms with E-state index in [4.69, 9.17) is 16.3 Å². The van der Waals surface area contributed by atoms with E-state index in [0.29, 0.717) is 37.4 Å². The molecule has 1 fully saturated rings. The Kier molecular flexibility index (Phi) is 7.91. The summed E-state index contributed by atoms with van der Waals surface area (Å²) in [6, 6.07) is 2.88. The molecule has 8 nitrogen and oxygen atoms in total. The van der Waals surface area contributed by atoms with Crippen LogP contribution in [0.4, 0.5) is 13.2 Å². The first-order valence-corrected chi connectivity index (χ1v) is 13.6. The van der Waals surface area contributed by atoms with E-state index < -0.39 is 39.5 Å². The summed E-state index contributed by atoms with van der Waals surface area (Å²) >= 11 is 6.33. The highest BCUT2D eigenvalue weighted by Gasteiger charge is 2.38. The molecule has 2 aliphatic rings. The Morgan fingerprint density at radius 3 is 2.43 bits per heavy atom. The van der Waals surface area contributed by atoms with E-state index in [1.165, 1.54) is 13.2 Å². The summed E-state index contributed by atoms with van der Waals surface area (Å²) in [4.78, 5) is 21.4. The van der Waals surface area contributed by atoms with E-state index in [1.54, 1.807) is 0 Å². The van der Waals surface area contributed by atoms with Crippen molar-refractivity contribution in [2.24, 2.45) is 10.9 Å². The minimum atomic E-state index is -3.40. The monoisotopic (exact) mass is 556 g/mol. The second kappa shape index (κ2) is 10.8. The number of nitrogens with zero attached hydrogens (tertiary/aromatic N) is 2. The van der Waals surface area contributed by atoms with Gasteiger partial charge in [0.15, 0.2) is 11.7 Å². The van der Waals surface area contributed by atoms with Gasteiger partial charge >= 0.3 is 5.97 Å². The van der Waals surface area contributed by atoms with E-state index in [0.717, 1.165) is 24.6 Å². The predicted molar refractivity (Wildman–Crippen MR) is 131 cm³/mol. The first kappa shape index (κ1) is 27.1. The average Bonchev–Trinajstić information content (AvgIpc) is 2.82. The van der Waals surface area contributed by atoms with Crippen molar-refractivity contribution in [3.63, 3.8) is 0 Å². The highest BCUT2D eigenvalue weighted by molar-refractivity contribution is 7.88. The number of carbonyl (C=O) groups is 1. The van der Waals surface area contributed by atoms with Gasteiger partial charge in [-0.15, -0.1) is 0 Å². The Hall–Kier alpha value is -2.96. The van der Waals surface area contributed by atoms with Gasteiger partial charge in [0.2, 0.25) is 10.0 Å². The van der Waals surface area contributed by atoms with Gasteiger partial charge in [-0.3, -0.25) is 4.99 Å². The van der Waals surface area contributed by atoms with Gasteiger partial charge < -0.3 is 10.1 Å². The number of sulfonamides is 1. The van der Waals surface area contributed by atoms with Crippen molar-refractivity contribution in [2.45, 2.75) is 37.8 Å². The van der Waals surface area contributed by atoms with Crippen LogP contribution < -0.4 is 10.0 Å². The molecule has 1 aliphatic heterocycles. The fraction of sp³-hybridized carbons (Fsp3) is 0.375. The van der Waals surface area contributed by atoms with Crippen LogP contribution in [-0.4, -0.2) is 44.6 Å². The highest BCUT2D eigenvalue weighted by atomic mass is 35.5. The summed E-state index contributed by atoms with van der Waals surface area (Å²) < 4.78 is 73.0. The first-order valence-electron chi connectivity index (χ1n) is 11.4. The minimum absolute atomic E-state index is 0.00986. The van der Waals surface area contributed by atoms with Crippen LogP contribution in [0, 0.1) is 23.4 Å². The molecule has 0 bridgehead atoms. The number of aliphatic imine (C=N–C) groups is 1. The standard InChI is InChI=1S/C24H24ClF3N4O4S/c1-36-24(33)19-20(12-3-6-15(7-4-12)32-37(2,34)35)30-23(22-18(28)10-14(27)11-29-22)31-21(19)16-8-5-13(26)9-17(16)25/h5,8-12,15,21,32H,3-4,6-7H2,1-2H3,(H,30,31)/t12-,15-,21?. The lowest BCUT2D eigenvalue weighted by atomic mass is 9.80. The zero-order chi connectivity index (χ0) is 26.9. The molecule has 0 saturated heterocycles. The molecule has 198 valence electrons. The molecule has 1 aliphatic carbocycles. The van der Waals surface area contributed by atoms with E-state index in [-0.39, 0.29) is 39.6 Å². The summed E-state index contributed by atoms with van der Waals surface area (Å²) in [5, 5.41) is 3.00. The number of allylic oxidation sites excluding steroid dienone is 1. The molecule has 4 rings (SSSR count). The number of aromatic nitrogens is 1. The van der Waals surface area contributed by atoms with Gasteiger partial charge in [-0.25, -0.2) is 36.1 Å². The van der Waals surface area contributed by atoms with Crippen molar-refractivity contribution >= 4 is 33.4 Å². The number of rotatable bonds is 6. The van der Waals surface area contributed by atoms with E-state index in [2.05, 4.69) is 20.0 Å². The van der Waals surface area contributed by atoms with Crippen molar-refractivity contribution in [3.8, 4) is 0 Å². The Morgan fingerprint density at radius 2 is 1.84 bits per heavy atom. The molecule has 0 amide bonds. The molecule has 2 heterocycles. The molecule has 1 aromatic carbocycles. The van der Waals surface area contributed by atoms with Crippen molar-refractivity contribution in [3.05, 3.63) is 75.5 Å². The Labute approximate surface area is 217 Å². The summed E-state index contributed by atoms with van der Waals surface area (Å²) in [6.07, 6.45) is 3.84. The summed E-state index contributed by atoms with van der Waals surface area (Å²) in [6.45, 7) is 0. The maximum Gasteiger partial charge on any atom is 0.338 e. The molecule has 1 aromatic heterocycles. The lowest BCUT2D eigenvalue weighted by Crippen LogP contribution is -2.41. The molecule has 1 atom stereocenters.